The Morgan fingerprint density at radius 2 is 1.93 bits per heavy atom. The summed E-state index contributed by atoms with van der Waals surface area (Å²) in [4.78, 5) is 0. The van der Waals surface area contributed by atoms with Crippen molar-refractivity contribution in [3.05, 3.63) is 35.4 Å². The molecule has 1 aliphatic carbocycles. The summed E-state index contributed by atoms with van der Waals surface area (Å²) in [5.41, 5.74) is 7.79. The van der Waals surface area contributed by atoms with E-state index in [9.17, 15) is 5.11 Å². The molecule has 1 aromatic rings. The molecule has 1 aromatic carbocycles. The lowest BCUT2D eigenvalue weighted by Gasteiger charge is -2.09. The molecular weight excluding hydrogens is 174 g/mol. The molecule has 2 heteroatoms. The highest BCUT2D eigenvalue weighted by Gasteiger charge is 2.23. The van der Waals surface area contributed by atoms with Gasteiger partial charge in [-0.3, -0.25) is 0 Å². The fraction of sp³-hybridized carbons (Fsp3) is 0.500. The normalized spacial score (nSPS) is 18.1. The van der Waals surface area contributed by atoms with Gasteiger partial charge in [-0.15, -0.1) is 0 Å². The third kappa shape index (κ3) is 2.14. The molecule has 0 spiro atoms. The van der Waals surface area contributed by atoms with Crippen LogP contribution < -0.4 is 5.73 Å². The van der Waals surface area contributed by atoms with Gasteiger partial charge in [-0.25, -0.2) is 0 Å². The van der Waals surface area contributed by atoms with Gasteiger partial charge < -0.3 is 10.8 Å². The lowest BCUT2D eigenvalue weighted by atomic mass is 10.0. The maximum Gasteiger partial charge on any atom is 0.0802 e. The first kappa shape index (κ1) is 9.69. The predicted molar refractivity (Wildman–Crippen MR) is 57.0 cm³/mol. The molecule has 1 atom stereocenters. The largest absolute Gasteiger partial charge is 0.388 e. The van der Waals surface area contributed by atoms with Crippen LogP contribution in [-0.2, 0) is 0 Å². The van der Waals surface area contributed by atoms with Crippen LogP contribution in [0.2, 0.25) is 0 Å². The smallest absolute Gasteiger partial charge is 0.0802 e. The van der Waals surface area contributed by atoms with E-state index in [0.717, 1.165) is 11.5 Å². The van der Waals surface area contributed by atoms with Gasteiger partial charge in [0, 0.05) is 0 Å². The van der Waals surface area contributed by atoms with E-state index in [1.165, 1.54) is 18.4 Å². The lowest BCUT2D eigenvalue weighted by Crippen LogP contribution is -2.06. The van der Waals surface area contributed by atoms with Gasteiger partial charge in [0.1, 0.15) is 0 Å². The van der Waals surface area contributed by atoms with E-state index in [-0.39, 0.29) is 0 Å². The van der Waals surface area contributed by atoms with Crippen molar-refractivity contribution in [1.82, 2.24) is 0 Å². The van der Waals surface area contributed by atoms with E-state index in [0.29, 0.717) is 13.0 Å². The van der Waals surface area contributed by atoms with Crippen molar-refractivity contribution in [3.63, 3.8) is 0 Å². The summed E-state index contributed by atoms with van der Waals surface area (Å²) in [5, 5.41) is 9.69. The zero-order valence-corrected chi connectivity index (χ0v) is 8.32. The van der Waals surface area contributed by atoms with Crippen LogP contribution in [0.4, 0.5) is 0 Å². The Bertz CT molecular complexity index is 290. The minimum absolute atomic E-state index is 0.395. The summed E-state index contributed by atoms with van der Waals surface area (Å²) in [7, 11) is 0. The minimum atomic E-state index is -0.395. The molecule has 0 bridgehead atoms. The summed E-state index contributed by atoms with van der Waals surface area (Å²) in [5.74, 6) is 0.788. The van der Waals surface area contributed by atoms with Crippen molar-refractivity contribution in [1.29, 1.82) is 0 Å². The average molecular weight is 191 g/mol. The molecule has 0 aromatic heterocycles. The number of hydrogen-bond donors (Lipinski definition) is 2. The lowest BCUT2D eigenvalue weighted by molar-refractivity contribution is 0.170. The van der Waals surface area contributed by atoms with Crippen LogP contribution in [0.3, 0.4) is 0 Å². The van der Waals surface area contributed by atoms with Gasteiger partial charge in [0.05, 0.1) is 6.10 Å². The van der Waals surface area contributed by atoms with Crippen LogP contribution in [0.15, 0.2) is 24.3 Å². The monoisotopic (exact) mass is 191 g/mol. The summed E-state index contributed by atoms with van der Waals surface area (Å²) >= 11 is 0. The average Bonchev–Trinajstić information content (AvgIpc) is 3.02. The highest BCUT2D eigenvalue weighted by atomic mass is 16.3. The van der Waals surface area contributed by atoms with Crippen molar-refractivity contribution in [2.24, 2.45) is 5.73 Å². The molecule has 0 heterocycles. The Morgan fingerprint density at radius 3 is 2.43 bits per heavy atom. The number of benzene rings is 1. The molecule has 1 fully saturated rings. The highest BCUT2D eigenvalue weighted by molar-refractivity contribution is 5.29. The van der Waals surface area contributed by atoms with Crippen LogP contribution >= 0.6 is 0 Å². The third-order valence-electron chi connectivity index (χ3n) is 2.81. The molecule has 3 N–H and O–H groups in total. The fourth-order valence-corrected chi connectivity index (χ4v) is 1.73. The second kappa shape index (κ2) is 4.11. The molecule has 0 saturated heterocycles. The Labute approximate surface area is 84.7 Å². The fourth-order valence-electron chi connectivity index (χ4n) is 1.73. The standard InChI is InChI=1S/C12H17NO/c13-8-7-12(14)11-5-3-10(4-6-11)9-1-2-9/h3-6,9,12,14H,1-2,7-8,13H2/t12-/m0/s1. The molecule has 0 aliphatic heterocycles. The Morgan fingerprint density at radius 1 is 1.29 bits per heavy atom. The topological polar surface area (TPSA) is 46.2 Å². The van der Waals surface area contributed by atoms with E-state index in [4.69, 9.17) is 5.73 Å². The van der Waals surface area contributed by atoms with Crippen molar-refractivity contribution in [2.75, 3.05) is 6.54 Å². The number of hydrogen-bond acceptors (Lipinski definition) is 2. The first-order valence-corrected chi connectivity index (χ1v) is 5.29. The van der Waals surface area contributed by atoms with Gasteiger partial charge in [0.25, 0.3) is 0 Å². The van der Waals surface area contributed by atoms with E-state index in [2.05, 4.69) is 12.1 Å². The molecule has 0 radical (unpaired) electrons. The Hall–Kier alpha value is -0.860. The number of nitrogens with two attached hydrogens (primary N) is 1. The van der Waals surface area contributed by atoms with Crippen molar-refractivity contribution >= 4 is 0 Å². The van der Waals surface area contributed by atoms with E-state index >= 15 is 0 Å². The summed E-state index contributed by atoms with van der Waals surface area (Å²) in [6, 6.07) is 8.31. The van der Waals surface area contributed by atoms with E-state index in [1.807, 2.05) is 12.1 Å². The van der Waals surface area contributed by atoms with Gasteiger partial charge in [-0.05, 0) is 42.9 Å². The highest BCUT2D eigenvalue weighted by Crippen LogP contribution is 2.40. The Balaban J connectivity index is 2.04. The number of aliphatic hydroxyl groups is 1. The molecule has 2 rings (SSSR count). The second-order valence-corrected chi connectivity index (χ2v) is 4.03. The zero-order chi connectivity index (χ0) is 9.97. The van der Waals surface area contributed by atoms with Gasteiger partial charge in [-0.2, -0.15) is 0 Å². The molecule has 76 valence electrons. The molecular formula is C12H17NO. The van der Waals surface area contributed by atoms with Crippen molar-refractivity contribution in [2.45, 2.75) is 31.3 Å². The quantitative estimate of drug-likeness (QED) is 0.764. The molecule has 14 heavy (non-hydrogen) atoms. The van der Waals surface area contributed by atoms with Crippen LogP contribution in [-0.4, -0.2) is 11.7 Å². The molecule has 1 saturated carbocycles. The molecule has 0 amide bonds. The SMILES string of the molecule is NCC[C@H](O)c1ccc(C2CC2)cc1. The van der Waals surface area contributed by atoms with Crippen LogP contribution in [0.1, 0.15) is 42.4 Å². The summed E-state index contributed by atoms with van der Waals surface area (Å²) < 4.78 is 0. The predicted octanol–water partition coefficient (Wildman–Crippen LogP) is 1.95. The number of aliphatic hydroxyl groups excluding tert-OH is 1. The van der Waals surface area contributed by atoms with Crippen LogP contribution in [0.5, 0.6) is 0 Å². The first-order valence-electron chi connectivity index (χ1n) is 5.29. The molecule has 0 unspecified atom stereocenters. The van der Waals surface area contributed by atoms with Crippen LogP contribution in [0, 0.1) is 0 Å². The second-order valence-electron chi connectivity index (χ2n) is 4.03. The van der Waals surface area contributed by atoms with Crippen molar-refractivity contribution < 1.29 is 5.11 Å². The molecule has 2 nitrogen and oxygen atoms in total. The summed E-state index contributed by atoms with van der Waals surface area (Å²) in [6.45, 7) is 0.533. The van der Waals surface area contributed by atoms with Gasteiger partial charge in [0.2, 0.25) is 0 Å². The van der Waals surface area contributed by atoms with Crippen LogP contribution in [0.25, 0.3) is 0 Å². The summed E-state index contributed by atoms with van der Waals surface area (Å²) in [6.07, 6.45) is 2.89. The van der Waals surface area contributed by atoms with Gasteiger partial charge in [0.15, 0.2) is 0 Å². The first-order chi connectivity index (χ1) is 6.81. The minimum Gasteiger partial charge on any atom is -0.388 e. The van der Waals surface area contributed by atoms with Gasteiger partial charge >= 0.3 is 0 Å². The zero-order valence-electron chi connectivity index (χ0n) is 8.32. The Kier molecular flexibility index (Phi) is 2.85. The maximum atomic E-state index is 9.69. The maximum absolute atomic E-state index is 9.69. The van der Waals surface area contributed by atoms with E-state index in [1.54, 1.807) is 0 Å². The third-order valence-corrected chi connectivity index (χ3v) is 2.81. The number of rotatable bonds is 4. The van der Waals surface area contributed by atoms with Crippen molar-refractivity contribution in [3.8, 4) is 0 Å². The molecule has 1 aliphatic rings. The van der Waals surface area contributed by atoms with E-state index < -0.39 is 6.10 Å². The van der Waals surface area contributed by atoms with Gasteiger partial charge in [-0.1, -0.05) is 24.3 Å².